The fraction of sp³-hybridized carbons (Fsp3) is 0.360. The molecule has 5 nitrogen and oxygen atoms in total. The highest BCUT2D eigenvalue weighted by Gasteiger charge is 2.67. The van der Waals surface area contributed by atoms with Crippen LogP contribution >= 0.6 is 0 Å². The second kappa shape index (κ2) is 6.50. The third kappa shape index (κ3) is 2.78. The number of hydrogen-bond acceptors (Lipinski definition) is 3. The molecular weight excluding hydrogens is 389 g/mol. The van der Waals surface area contributed by atoms with Crippen LogP contribution in [-0.2, 0) is 19.0 Å². The highest BCUT2D eigenvalue weighted by molar-refractivity contribution is 5.83. The molecule has 2 fully saturated rings. The fourth-order valence-corrected chi connectivity index (χ4v) is 5.95. The summed E-state index contributed by atoms with van der Waals surface area (Å²) >= 11 is 0. The van der Waals surface area contributed by atoms with Crippen molar-refractivity contribution in [3.63, 3.8) is 0 Å². The lowest BCUT2D eigenvalue weighted by Gasteiger charge is -2.24. The van der Waals surface area contributed by atoms with Gasteiger partial charge < -0.3 is 0 Å². The Kier molecular flexibility index (Phi) is 3.93. The van der Waals surface area contributed by atoms with E-state index in [1.807, 2.05) is 28.8 Å². The standard InChI is InChI=1S/C25H26FN5/c1-16-8-24-19(11-28-31(24)21-6-4-20(26)5-7-21)9-22(16)25-15-30(14-23(25)17(25)2)13-18-10-27-29(3)12-18/h4-12,17,23H,13-15H2,1-3H3/t17-,23-,25+/m1/s1. The number of halogens is 1. The molecule has 0 bridgehead atoms. The number of likely N-dealkylation sites (tertiary alicyclic amines) is 1. The number of benzene rings is 2. The van der Waals surface area contributed by atoms with Crippen LogP contribution in [0.3, 0.4) is 0 Å². The van der Waals surface area contributed by atoms with Crippen molar-refractivity contribution in [3.05, 3.63) is 77.5 Å². The molecule has 1 aliphatic heterocycles. The van der Waals surface area contributed by atoms with Gasteiger partial charge in [-0.1, -0.05) is 6.92 Å². The molecule has 31 heavy (non-hydrogen) atoms. The maximum absolute atomic E-state index is 13.3. The summed E-state index contributed by atoms with van der Waals surface area (Å²) in [5, 5.41) is 10.1. The zero-order valence-electron chi connectivity index (χ0n) is 18.1. The van der Waals surface area contributed by atoms with Crippen molar-refractivity contribution in [2.45, 2.75) is 25.8 Å². The Morgan fingerprint density at radius 3 is 2.68 bits per heavy atom. The van der Waals surface area contributed by atoms with Gasteiger partial charge in [-0.3, -0.25) is 9.58 Å². The van der Waals surface area contributed by atoms with E-state index in [0.717, 1.165) is 36.2 Å². The molecule has 0 radical (unpaired) electrons. The van der Waals surface area contributed by atoms with E-state index in [-0.39, 0.29) is 11.2 Å². The Hall–Kier alpha value is -2.99. The van der Waals surface area contributed by atoms with Crippen LogP contribution in [0.4, 0.5) is 4.39 Å². The van der Waals surface area contributed by atoms with Gasteiger partial charge in [-0.05, 0) is 66.3 Å². The van der Waals surface area contributed by atoms with Crippen LogP contribution < -0.4 is 0 Å². The predicted molar refractivity (Wildman–Crippen MR) is 119 cm³/mol. The van der Waals surface area contributed by atoms with Crippen molar-refractivity contribution in [2.75, 3.05) is 13.1 Å². The summed E-state index contributed by atoms with van der Waals surface area (Å²) in [7, 11) is 1.97. The maximum Gasteiger partial charge on any atom is 0.123 e. The zero-order chi connectivity index (χ0) is 21.3. The van der Waals surface area contributed by atoms with E-state index >= 15 is 0 Å². The number of fused-ring (bicyclic) bond motifs is 2. The minimum atomic E-state index is -0.233. The van der Waals surface area contributed by atoms with E-state index in [4.69, 9.17) is 0 Å². The molecule has 0 unspecified atom stereocenters. The molecule has 4 aromatic rings. The summed E-state index contributed by atoms with van der Waals surface area (Å²) in [5.41, 5.74) is 6.23. The molecule has 6 rings (SSSR count). The van der Waals surface area contributed by atoms with Gasteiger partial charge in [0.1, 0.15) is 5.82 Å². The van der Waals surface area contributed by atoms with Crippen LogP contribution in [0.25, 0.3) is 16.6 Å². The number of nitrogens with zero attached hydrogens (tertiary/aromatic N) is 5. The van der Waals surface area contributed by atoms with E-state index in [9.17, 15) is 4.39 Å². The van der Waals surface area contributed by atoms with Crippen LogP contribution in [0.2, 0.25) is 0 Å². The zero-order valence-corrected chi connectivity index (χ0v) is 18.1. The van der Waals surface area contributed by atoms with Gasteiger partial charge in [0.15, 0.2) is 0 Å². The van der Waals surface area contributed by atoms with Gasteiger partial charge in [-0.15, -0.1) is 0 Å². The van der Waals surface area contributed by atoms with Crippen molar-refractivity contribution < 1.29 is 4.39 Å². The average Bonchev–Trinajstić information content (AvgIpc) is 3.22. The Balaban J connectivity index is 1.34. The molecule has 2 aliphatic rings. The Morgan fingerprint density at radius 1 is 1.13 bits per heavy atom. The molecule has 1 saturated carbocycles. The first-order valence-corrected chi connectivity index (χ1v) is 10.9. The van der Waals surface area contributed by atoms with Crippen molar-refractivity contribution in [1.29, 1.82) is 0 Å². The normalized spacial score (nSPS) is 25.3. The molecule has 158 valence electrons. The highest BCUT2D eigenvalue weighted by atomic mass is 19.1. The van der Waals surface area contributed by atoms with Crippen molar-refractivity contribution in [2.24, 2.45) is 18.9 Å². The lowest BCUT2D eigenvalue weighted by atomic mass is 9.88. The van der Waals surface area contributed by atoms with E-state index in [1.54, 1.807) is 12.1 Å². The van der Waals surface area contributed by atoms with Gasteiger partial charge in [-0.25, -0.2) is 9.07 Å². The van der Waals surface area contributed by atoms with Gasteiger partial charge in [0.05, 0.1) is 23.6 Å². The largest absolute Gasteiger partial charge is 0.298 e. The Labute approximate surface area is 181 Å². The smallest absolute Gasteiger partial charge is 0.123 e. The van der Waals surface area contributed by atoms with Crippen molar-refractivity contribution in [1.82, 2.24) is 24.5 Å². The number of hydrogen-bond donors (Lipinski definition) is 0. The molecule has 1 saturated heterocycles. The molecule has 0 amide bonds. The number of rotatable bonds is 4. The molecular formula is C25H26FN5. The van der Waals surface area contributed by atoms with Crippen LogP contribution in [-0.4, -0.2) is 37.6 Å². The Bertz CT molecular complexity index is 1290. The molecule has 3 heterocycles. The third-order valence-corrected chi connectivity index (χ3v) is 7.56. The van der Waals surface area contributed by atoms with Crippen LogP contribution in [0.15, 0.2) is 55.0 Å². The molecule has 0 N–H and O–H groups in total. The maximum atomic E-state index is 13.3. The average molecular weight is 416 g/mol. The van der Waals surface area contributed by atoms with E-state index in [2.05, 4.69) is 47.3 Å². The van der Waals surface area contributed by atoms with Crippen molar-refractivity contribution >= 4 is 10.9 Å². The first kappa shape index (κ1) is 18.8. The van der Waals surface area contributed by atoms with Crippen LogP contribution in [0.5, 0.6) is 0 Å². The van der Waals surface area contributed by atoms with Crippen LogP contribution in [0.1, 0.15) is 23.6 Å². The van der Waals surface area contributed by atoms with Crippen molar-refractivity contribution in [3.8, 4) is 5.69 Å². The summed E-state index contributed by atoms with van der Waals surface area (Å²) in [6, 6.07) is 11.1. The van der Waals surface area contributed by atoms with Gasteiger partial charge >= 0.3 is 0 Å². The summed E-state index contributed by atoms with van der Waals surface area (Å²) < 4.78 is 17.1. The Morgan fingerprint density at radius 2 is 1.94 bits per heavy atom. The topological polar surface area (TPSA) is 38.9 Å². The monoisotopic (exact) mass is 415 g/mol. The molecule has 3 atom stereocenters. The van der Waals surface area contributed by atoms with Gasteiger partial charge in [0, 0.05) is 49.2 Å². The first-order valence-electron chi connectivity index (χ1n) is 10.9. The molecule has 6 heteroatoms. The minimum Gasteiger partial charge on any atom is -0.298 e. The molecule has 2 aromatic carbocycles. The number of aryl methyl sites for hydroxylation is 2. The number of piperidine rings is 1. The number of aromatic nitrogens is 4. The lowest BCUT2D eigenvalue weighted by molar-refractivity contribution is 0.273. The second-order valence-corrected chi connectivity index (χ2v) is 9.39. The van der Waals surface area contributed by atoms with E-state index < -0.39 is 0 Å². The summed E-state index contributed by atoms with van der Waals surface area (Å²) in [6.07, 6.45) is 6.02. The highest BCUT2D eigenvalue weighted by Crippen LogP contribution is 2.64. The van der Waals surface area contributed by atoms with E-state index in [1.165, 1.54) is 28.8 Å². The summed E-state index contributed by atoms with van der Waals surface area (Å²) in [6.45, 7) is 7.81. The summed E-state index contributed by atoms with van der Waals surface area (Å²) in [4.78, 5) is 2.58. The molecule has 2 aromatic heterocycles. The predicted octanol–water partition coefficient (Wildman–Crippen LogP) is 4.23. The molecule has 0 spiro atoms. The SMILES string of the molecule is Cc1cc2c(cnn2-c2ccc(F)cc2)cc1[C@@]12CN(Cc3cnn(C)c3)C[C@@H]1[C@H]2C. The lowest BCUT2D eigenvalue weighted by Crippen LogP contribution is -2.28. The van der Waals surface area contributed by atoms with Gasteiger partial charge in [-0.2, -0.15) is 10.2 Å². The first-order chi connectivity index (χ1) is 15.0. The van der Waals surface area contributed by atoms with Gasteiger partial charge in [0.25, 0.3) is 0 Å². The minimum absolute atomic E-state index is 0.233. The fourth-order valence-electron chi connectivity index (χ4n) is 5.95. The third-order valence-electron chi connectivity index (χ3n) is 7.56. The molecule has 1 aliphatic carbocycles. The van der Waals surface area contributed by atoms with Crippen LogP contribution in [0, 0.1) is 24.6 Å². The van der Waals surface area contributed by atoms with Gasteiger partial charge in [0.2, 0.25) is 0 Å². The summed E-state index contributed by atoms with van der Waals surface area (Å²) in [5.74, 6) is 1.16. The van der Waals surface area contributed by atoms with E-state index in [0.29, 0.717) is 11.8 Å². The quantitative estimate of drug-likeness (QED) is 0.501. The second-order valence-electron chi connectivity index (χ2n) is 9.39.